The highest BCUT2D eigenvalue weighted by atomic mass is 127. The van der Waals surface area contributed by atoms with Crippen LogP contribution in [0.5, 0.6) is 5.75 Å². The van der Waals surface area contributed by atoms with Gasteiger partial charge in [0.2, 0.25) is 0 Å². The number of hydrogen-bond acceptors (Lipinski definition) is 3. The summed E-state index contributed by atoms with van der Waals surface area (Å²) in [6.07, 6.45) is 4.67. The average molecular weight is 505 g/mol. The molecule has 1 heterocycles. The standard InChI is InChI=1S/C22H27N5O.HI/c1-23-22(24-13-8-16-28-21-11-3-2-4-12-21)25-17-19-9-5-6-10-20(19)18-27-15-7-14-26-27;/h2-7,9-12,14-15H,8,13,16-18H2,1H3,(H2,23,24,25);1H. The molecule has 3 rings (SSSR count). The van der Waals surface area contributed by atoms with Crippen molar-refractivity contribution < 1.29 is 4.74 Å². The van der Waals surface area contributed by atoms with Crippen LogP contribution in [-0.2, 0) is 13.1 Å². The van der Waals surface area contributed by atoms with Gasteiger partial charge in [0.05, 0.1) is 13.2 Å². The first-order valence-electron chi connectivity index (χ1n) is 9.52. The number of para-hydroxylation sites is 1. The van der Waals surface area contributed by atoms with Crippen LogP contribution in [0.1, 0.15) is 17.5 Å². The summed E-state index contributed by atoms with van der Waals surface area (Å²) in [4.78, 5) is 4.30. The van der Waals surface area contributed by atoms with E-state index in [9.17, 15) is 0 Å². The smallest absolute Gasteiger partial charge is 0.191 e. The number of aliphatic imine (C=N–C) groups is 1. The number of nitrogens with one attached hydrogen (secondary N) is 2. The van der Waals surface area contributed by atoms with Crippen molar-refractivity contribution in [2.75, 3.05) is 20.2 Å². The Hall–Kier alpha value is -2.55. The number of benzene rings is 2. The van der Waals surface area contributed by atoms with Crippen LogP contribution in [0.2, 0.25) is 0 Å². The van der Waals surface area contributed by atoms with Gasteiger partial charge in [-0.2, -0.15) is 5.10 Å². The van der Waals surface area contributed by atoms with E-state index in [1.807, 2.05) is 47.3 Å². The maximum atomic E-state index is 5.71. The van der Waals surface area contributed by atoms with Crippen LogP contribution >= 0.6 is 24.0 Å². The summed E-state index contributed by atoms with van der Waals surface area (Å²) in [6, 6.07) is 20.2. The number of halogens is 1. The van der Waals surface area contributed by atoms with E-state index in [0.29, 0.717) is 13.2 Å². The van der Waals surface area contributed by atoms with Gasteiger partial charge < -0.3 is 15.4 Å². The molecule has 0 spiro atoms. The minimum atomic E-state index is 0. The first-order chi connectivity index (χ1) is 13.8. The largest absolute Gasteiger partial charge is 0.494 e. The predicted octanol–water partition coefficient (Wildman–Crippen LogP) is 3.68. The second kappa shape index (κ2) is 12.8. The second-order valence-corrected chi connectivity index (χ2v) is 6.34. The molecule has 0 saturated carbocycles. The summed E-state index contributed by atoms with van der Waals surface area (Å²) in [5.41, 5.74) is 2.47. The van der Waals surface area contributed by atoms with Gasteiger partial charge in [-0.1, -0.05) is 42.5 Å². The van der Waals surface area contributed by atoms with Crippen molar-refractivity contribution in [1.82, 2.24) is 20.4 Å². The fourth-order valence-electron chi connectivity index (χ4n) is 2.84. The molecule has 0 fully saturated rings. The quantitative estimate of drug-likeness (QED) is 0.202. The molecule has 0 saturated heterocycles. The Labute approximate surface area is 189 Å². The third-order valence-electron chi connectivity index (χ3n) is 4.31. The highest BCUT2D eigenvalue weighted by Gasteiger charge is 2.04. The molecule has 0 atom stereocenters. The molecule has 0 unspecified atom stereocenters. The lowest BCUT2D eigenvalue weighted by molar-refractivity contribution is 0.311. The molecule has 2 aromatic carbocycles. The minimum absolute atomic E-state index is 0. The first kappa shape index (κ1) is 22.7. The molecule has 1 aromatic heterocycles. The Balaban J connectivity index is 0.00000300. The summed E-state index contributed by atoms with van der Waals surface area (Å²) >= 11 is 0. The summed E-state index contributed by atoms with van der Waals surface area (Å²) in [5.74, 6) is 1.69. The molecule has 7 heteroatoms. The highest BCUT2D eigenvalue weighted by Crippen LogP contribution is 2.10. The van der Waals surface area contributed by atoms with Crippen molar-refractivity contribution in [3.05, 3.63) is 84.2 Å². The van der Waals surface area contributed by atoms with Gasteiger partial charge in [-0.05, 0) is 35.7 Å². The summed E-state index contributed by atoms with van der Waals surface area (Å²) in [7, 11) is 1.78. The molecule has 0 aliphatic heterocycles. The molecule has 3 aromatic rings. The van der Waals surface area contributed by atoms with Gasteiger partial charge in [-0.3, -0.25) is 9.67 Å². The van der Waals surface area contributed by atoms with Gasteiger partial charge >= 0.3 is 0 Å². The molecule has 2 N–H and O–H groups in total. The number of rotatable bonds is 9. The van der Waals surface area contributed by atoms with Gasteiger partial charge in [-0.25, -0.2) is 0 Å². The molecular weight excluding hydrogens is 477 g/mol. The minimum Gasteiger partial charge on any atom is -0.494 e. The molecular formula is C22H28IN5O. The maximum Gasteiger partial charge on any atom is 0.191 e. The lowest BCUT2D eigenvalue weighted by Crippen LogP contribution is -2.37. The van der Waals surface area contributed by atoms with Gasteiger partial charge in [0.1, 0.15) is 5.75 Å². The third-order valence-corrected chi connectivity index (χ3v) is 4.31. The number of ether oxygens (including phenoxy) is 1. The second-order valence-electron chi connectivity index (χ2n) is 6.34. The monoisotopic (exact) mass is 505 g/mol. The normalized spacial score (nSPS) is 10.9. The Morgan fingerprint density at radius 2 is 1.76 bits per heavy atom. The molecule has 0 aliphatic carbocycles. The Bertz CT molecular complexity index is 853. The predicted molar refractivity (Wildman–Crippen MR) is 128 cm³/mol. The molecule has 29 heavy (non-hydrogen) atoms. The van der Waals surface area contributed by atoms with Gasteiger partial charge in [-0.15, -0.1) is 24.0 Å². The molecule has 0 aliphatic rings. The first-order valence-corrected chi connectivity index (χ1v) is 9.52. The van der Waals surface area contributed by atoms with Crippen molar-refractivity contribution in [3.63, 3.8) is 0 Å². The van der Waals surface area contributed by atoms with E-state index in [-0.39, 0.29) is 24.0 Å². The number of guanidine groups is 1. The molecule has 154 valence electrons. The lowest BCUT2D eigenvalue weighted by Gasteiger charge is -2.14. The van der Waals surface area contributed by atoms with Gasteiger partial charge in [0, 0.05) is 32.5 Å². The van der Waals surface area contributed by atoms with Crippen LogP contribution in [0.25, 0.3) is 0 Å². The van der Waals surface area contributed by atoms with Crippen molar-refractivity contribution in [2.45, 2.75) is 19.5 Å². The Morgan fingerprint density at radius 3 is 2.48 bits per heavy atom. The van der Waals surface area contributed by atoms with Crippen LogP contribution in [0.15, 0.2) is 78.0 Å². The van der Waals surface area contributed by atoms with Gasteiger partial charge in [0.15, 0.2) is 5.96 Å². The number of hydrogen-bond donors (Lipinski definition) is 2. The van der Waals surface area contributed by atoms with E-state index in [4.69, 9.17) is 4.74 Å². The van der Waals surface area contributed by atoms with Crippen molar-refractivity contribution in [1.29, 1.82) is 0 Å². The fourth-order valence-corrected chi connectivity index (χ4v) is 2.84. The van der Waals surface area contributed by atoms with Crippen LogP contribution in [0.3, 0.4) is 0 Å². The summed E-state index contributed by atoms with van der Waals surface area (Å²) in [6.45, 7) is 2.92. The van der Waals surface area contributed by atoms with Crippen molar-refractivity contribution in [3.8, 4) is 5.75 Å². The summed E-state index contributed by atoms with van der Waals surface area (Å²) < 4.78 is 7.64. The molecule has 0 amide bonds. The highest BCUT2D eigenvalue weighted by molar-refractivity contribution is 14.0. The van der Waals surface area contributed by atoms with Crippen LogP contribution in [-0.4, -0.2) is 35.9 Å². The van der Waals surface area contributed by atoms with Crippen LogP contribution < -0.4 is 15.4 Å². The van der Waals surface area contributed by atoms with Crippen LogP contribution in [0, 0.1) is 0 Å². The van der Waals surface area contributed by atoms with E-state index >= 15 is 0 Å². The molecule has 0 bridgehead atoms. The zero-order valence-electron chi connectivity index (χ0n) is 16.6. The van der Waals surface area contributed by atoms with E-state index in [0.717, 1.165) is 31.2 Å². The Morgan fingerprint density at radius 1 is 1.00 bits per heavy atom. The lowest BCUT2D eigenvalue weighted by atomic mass is 10.1. The number of aromatic nitrogens is 2. The topological polar surface area (TPSA) is 63.5 Å². The third kappa shape index (κ3) is 7.77. The molecule has 6 nitrogen and oxygen atoms in total. The van der Waals surface area contributed by atoms with E-state index in [2.05, 4.69) is 45.0 Å². The van der Waals surface area contributed by atoms with E-state index in [1.165, 1.54) is 11.1 Å². The fraction of sp³-hybridized carbons (Fsp3) is 0.273. The van der Waals surface area contributed by atoms with E-state index < -0.39 is 0 Å². The van der Waals surface area contributed by atoms with E-state index in [1.54, 1.807) is 13.2 Å². The van der Waals surface area contributed by atoms with Gasteiger partial charge in [0.25, 0.3) is 0 Å². The Kier molecular flexibility index (Phi) is 10.1. The van der Waals surface area contributed by atoms with Crippen molar-refractivity contribution in [2.24, 2.45) is 4.99 Å². The summed E-state index contributed by atoms with van der Waals surface area (Å²) in [5, 5.41) is 11.0. The van der Waals surface area contributed by atoms with Crippen molar-refractivity contribution >= 4 is 29.9 Å². The zero-order valence-corrected chi connectivity index (χ0v) is 19.0. The number of nitrogens with zero attached hydrogens (tertiary/aromatic N) is 3. The average Bonchev–Trinajstić information content (AvgIpc) is 3.25. The zero-order chi connectivity index (χ0) is 19.4. The van der Waals surface area contributed by atoms with Crippen LogP contribution in [0.4, 0.5) is 0 Å². The maximum absolute atomic E-state index is 5.71. The molecule has 0 radical (unpaired) electrons. The SMILES string of the molecule is CN=C(NCCCOc1ccccc1)NCc1ccccc1Cn1cccn1.I.